The van der Waals surface area contributed by atoms with Gasteiger partial charge in [0.2, 0.25) is 0 Å². The van der Waals surface area contributed by atoms with Gasteiger partial charge in [-0.3, -0.25) is 4.79 Å². The number of hydrogen-bond donors (Lipinski definition) is 0. The van der Waals surface area contributed by atoms with Crippen LogP contribution < -0.4 is 0 Å². The van der Waals surface area contributed by atoms with Crippen LogP contribution in [0, 0.1) is 11.7 Å². The minimum atomic E-state index is -2.59. The van der Waals surface area contributed by atoms with E-state index in [1.54, 1.807) is 29.1 Å². The number of amides is 1. The lowest BCUT2D eigenvalue weighted by Gasteiger charge is -2.32. The van der Waals surface area contributed by atoms with Gasteiger partial charge >= 0.3 is 0 Å². The van der Waals surface area contributed by atoms with Crippen LogP contribution in [0.15, 0.2) is 72.9 Å². The summed E-state index contributed by atoms with van der Waals surface area (Å²) in [6, 6.07) is 19.3. The predicted molar refractivity (Wildman–Crippen MR) is 142 cm³/mol. The van der Waals surface area contributed by atoms with Gasteiger partial charge in [0.05, 0.1) is 28.4 Å². The maximum Gasteiger partial charge on any atom is 0.253 e. The highest BCUT2D eigenvalue weighted by atomic mass is 19.3. The van der Waals surface area contributed by atoms with Crippen LogP contribution >= 0.6 is 0 Å². The number of para-hydroxylation sites is 2. The third-order valence-corrected chi connectivity index (χ3v) is 8.06. The minimum Gasteiger partial charge on any atom is -0.339 e. The van der Waals surface area contributed by atoms with Gasteiger partial charge in [-0.1, -0.05) is 18.2 Å². The molecule has 198 valence electrons. The van der Waals surface area contributed by atoms with Gasteiger partial charge in [0.25, 0.3) is 11.8 Å². The Morgan fingerprint density at radius 2 is 1.77 bits per heavy atom. The molecule has 5 aromatic rings. The average molecular weight is 530 g/mol. The summed E-state index contributed by atoms with van der Waals surface area (Å²) < 4.78 is 44.9. The van der Waals surface area contributed by atoms with E-state index in [0.29, 0.717) is 24.3 Å². The lowest BCUT2D eigenvalue weighted by atomic mass is 9.95. The maximum absolute atomic E-state index is 13.8. The van der Waals surface area contributed by atoms with Gasteiger partial charge in [-0.25, -0.2) is 22.8 Å². The van der Waals surface area contributed by atoms with Crippen molar-refractivity contribution in [2.75, 3.05) is 13.1 Å². The number of piperidine rings is 1. The zero-order chi connectivity index (χ0) is 26.7. The molecular formula is C30H26F3N5O. The highest BCUT2D eigenvalue weighted by molar-refractivity contribution is 5.98. The summed E-state index contributed by atoms with van der Waals surface area (Å²) in [6.07, 6.45) is 3.04. The van der Waals surface area contributed by atoms with Crippen molar-refractivity contribution < 1.29 is 18.0 Å². The van der Waals surface area contributed by atoms with Crippen LogP contribution in [0.1, 0.15) is 41.4 Å². The Morgan fingerprint density at radius 1 is 0.974 bits per heavy atom. The molecule has 1 aliphatic heterocycles. The first kappa shape index (κ1) is 23.9. The molecule has 9 heteroatoms. The number of fused-ring (bicyclic) bond motifs is 2. The van der Waals surface area contributed by atoms with E-state index in [0.717, 1.165) is 40.6 Å². The van der Waals surface area contributed by atoms with E-state index < -0.39 is 11.8 Å². The van der Waals surface area contributed by atoms with E-state index in [2.05, 4.69) is 5.10 Å². The Hall–Kier alpha value is -4.14. The third kappa shape index (κ3) is 4.26. The molecule has 1 unspecified atom stereocenters. The summed E-state index contributed by atoms with van der Waals surface area (Å²) in [5.41, 5.74) is 3.68. The highest BCUT2D eigenvalue weighted by Crippen LogP contribution is 2.50. The van der Waals surface area contributed by atoms with Crippen LogP contribution in [0.4, 0.5) is 13.2 Å². The highest BCUT2D eigenvalue weighted by Gasteiger charge is 2.57. The van der Waals surface area contributed by atoms with Gasteiger partial charge in [-0.15, -0.1) is 0 Å². The molecule has 3 heterocycles. The van der Waals surface area contributed by atoms with Crippen molar-refractivity contribution in [1.82, 2.24) is 24.2 Å². The number of likely N-dealkylation sites (tertiary alicyclic amines) is 1. The molecule has 1 aliphatic carbocycles. The van der Waals surface area contributed by atoms with E-state index in [9.17, 15) is 18.0 Å². The topological polar surface area (TPSA) is 56.0 Å². The molecule has 2 fully saturated rings. The smallest absolute Gasteiger partial charge is 0.253 e. The molecule has 1 amide bonds. The number of carbonyl (C=O) groups is 1. The molecule has 7 rings (SSSR count). The second-order valence-electron chi connectivity index (χ2n) is 10.6. The number of nitrogens with zero attached hydrogens (tertiary/aromatic N) is 5. The molecular weight excluding hydrogens is 503 g/mol. The van der Waals surface area contributed by atoms with Crippen LogP contribution in [-0.4, -0.2) is 49.2 Å². The standard InChI is InChI=1S/C30H26F3N5O/c31-23-4-3-5-24(15-23)38-26-9-8-20(14-21(26)17-34-38)29(39)36-12-10-19(11-13-36)28-35-25-6-1-2-7-27(25)37(28)18-22-16-30(22,32)33/h1-9,14-15,17,19,22H,10-13,16,18H2. The summed E-state index contributed by atoms with van der Waals surface area (Å²) in [6.45, 7) is 1.39. The number of imidazole rings is 1. The van der Waals surface area contributed by atoms with Crippen molar-refractivity contribution in [3.8, 4) is 5.69 Å². The minimum absolute atomic E-state index is 0.0556. The Balaban J connectivity index is 1.09. The summed E-state index contributed by atoms with van der Waals surface area (Å²) in [5, 5.41) is 5.19. The monoisotopic (exact) mass is 529 g/mol. The molecule has 1 saturated heterocycles. The molecule has 2 aliphatic rings. The van der Waals surface area contributed by atoms with Gasteiger partial charge in [0.1, 0.15) is 11.6 Å². The van der Waals surface area contributed by atoms with Crippen molar-refractivity contribution in [1.29, 1.82) is 0 Å². The molecule has 0 N–H and O–H groups in total. The zero-order valence-corrected chi connectivity index (χ0v) is 21.1. The quantitative estimate of drug-likeness (QED) is 0.273. The van der Waals surface area contributed by atoms with Gasteiger partial charge in [0, 0.05) is 48.8 Å². The summed E-state index contributed by atoms with van der Waals surface area (Å²) >= 11 is 0. The average Bonchev–Trinajstić information content (AvgIpc) is 3.26. The Labute approximate surface area is 222 Å². The number of benzene rings is 3. The number of aromatic nitrogens is 4. The van der Waals surface area contributed by atoms with E-state index in [4.69, 9.17) is 4.98 Å². The molecule has 1 atom stereocenters. The molecule has 6 nitrogen and oxygen atoms in total. The molecule has 1 saturated carbocycles. The second kappa shape index (κ2) is 8.97. The van der Waals surface area contributed by atoms with E-state index in [1.807, 2.05) is 45.9 Å². The fourth-order valence-electron chi connectivity index (χ4n) is 5.79. The largest absolute Gasteiger partial charge is 0.339 e. The van der Waals surface area contributed by atoms with E-state index in [1.165, 1.54) is 12.1 Å². The second-order valence-corrected chi connectivity index (χ2v) is 10.6. The zero-order valence-electron chi connectivity index (χ0n) is 21.1. The normalized spacial score (nSPS) is 19.2. The van der Waals surface area contributed by atoms with Crippen LogP contribution in [0.5, 0.6) is 0 Å². The number of alkyl halides is 2. The first-order valence-electron chi connectivity index (χ1n) is 13.2. The van der Waals surface area contributed by atoms with Gasteiger partial charge in [-0.05, 0) is 61.4 Å². The van der Waals surface area contributed by atoms with Crippen molar-refractivity contribution >= 4 is 27.8 Å². The summed E-state index contributed by atoms with van der Waals surface area (Å²) in [5.74, 6) is -2.69. The first-order chi connectivity index (χ1) is 18.9. The molecule has 3 aromatic carbocycles. The number of rotatable bonds is 5. The SMILES string of the molecule is O=C(c1ccc2c(cnn2-c2cccc(F)c2)c1)N1CCC(c2nc3ccccc3n2CC2CC2(F)F)CC1. The van der Waals surface area contributed by atoms with E-state index >= 15 is 0 Å². The maximum atomic E-state index is 13.8. The molecule has 0 radical (unpaired) electrons. The van der Waals surface area contributed by atoms with Gasteiger partial charge in [-0.2, -0.15) is 5.10 Å². The molecule has 0 spiro atoms. The Kier molecular flexibility index (Phi) is 5.50. The lowest BCUT2D eigenvalue weighted by Crippen LogP contribution is -2.38. The van der Waals surface area contributed by atoms with Gasteiger partial charge < -0.3 is 9.47 Å². The van der Waals surface area contributed by atoms with Crippen molar-refractivity contribution in [2.45, 2.75) is 37.6 Å². The van der Waals surface area contributed by atoms with Crippen LogP contribution in [-0.2, 0) is 6.54 Å². The summed E-state index contributed by atoms with van der Waals surface area (Å²) in [7, 11) is 0. The van der Waals surface area contributed by atoms with Crippen molar-refractivity contribution in [3.63, 3.8) is 0 Å². The van der Waals surface area contributed by atoms with Crippen molar-refractivity contribution in [2.24, 2.45) is 5.92 Å². The number of carbonyl (C=O) groups excluding carboxylic acids is 1. The Morgan fingerprint density at radius 3 is 2.54 bits per heavy atom. The van der Waals surface area contributed by atoms with E-state index in [-0.39, 0.29) is 30.6 Å². The fraction of sp³-hybridized carbons (Fsp3) is 0.300. The lowest BCUT2D eigenvalue weighted by molar-refractivity contribution is 0.0708. The molecule has 39 heavy (non-hydrogen) atoms. The third-order valence-electron chi connectivity index (χ3n) is 8.06. The Bertz CT molecular complexity index is 1720. The van der Waals surface area contributed by atoms with Crippen LogP contribution in [0.2, 0.25) is 0 Å². The fourth-order valence-corrected chi connectivity index (χ4v) is 5.79. The number of hydrogen-bond acceptors (Lipinski definition) is 3. The van der Waals surface area contributed by atoms with Crippen LogP contribution in [0.3, 0.4) is 0 Å². The molecule has 0 bridgehead atoms. The van der Waals surface area contributed by atoms with Gasteiger partial charge in [0.15, 0.2) is 0 Å². The first-order valence-corrected chi connectivity index (χ1v) is 13.2. The number of halogens is 3. The van der Waals surface area contributed by atoms with Crippen LogP contribution in [0.25, 0.3) is 27.6 Å². The van der Waals surface area contributed by atoms with Crippen molar-refractivity contribution in [3.05, 3.63) is 90.1 Å². The summed E-state index contributed by atoms with van der Waals surface area (Å²) in [4.78, 5) is 20.1. The molecule has 2 aromatic heterocycles. The predicted octanol–water partition coefficient (Wildman–Crippen LogP) is 6.19.